The van der Waals surface area contributed by atoms with Crippen LogP contribution in [0.15, 0.2) is 18.2 Å². The molecule has 3 rings (SSSR count). The maximum absolute atomic E-state index is 4.43. The molecule has 0 saturated carbocycles. The van der Waals surface area contributed by atoms with E-state index < -0.39 is 0 Å². The van der Waals surface area contributed by atoms with Gasteiger partial charge < -0.3 is 15.2 Å². The lowest BCUT2D eigenvalue weighted by atomic mass is 10.0. The van der Waals surface area contributed by atoms with Crippen LogP contribution >= 0.6 is 0 Å². The van der Waals surface area contributed by atoms with Gasteiger partial charge in [-0.3, -0.25) is 0 Å². The van der Waals surface area contributed by atoms with Crippen LogP contribution in [-0.2, 0) is 6.54 Å². The lowest BCUT2D eigenvalue weighted by Gasteiger charge is -2.31. The van der Waals surface area contributed by atoms with Gasteiger partial charge in [0.1, 0.15) is 5.82 Å². The number of aromatic amines is 1. The molecule has 2 aromatic rings. The maximum atomic E-state index is 4.43. The van der Waals surface area contributed by atoms with E-state index in [-0.39, 0.29) is 0 Å². The van der Waals surface area contributed by atoms with Gasteiger partial charge in [-0.15, -0.1) is 0 Å². The first-order valence-corrected chi connectivity index (χ1v) is 6.55. The minimum atomic E-state index is 0.827. The van der Waals surface area contributed by atoms with E-state index >= 15 is 0 Å². The second kappa shape index (κ2) is 4.71. The van der Waals surface area contributed by atoms with E-state index in [0.717, 1.165) is 29.3 Å². The summed E-state index contributed by atoms with van der Waals surface area (Å²) in [7, 11) is 2.20. The highest BCUT2D eigenvalue weighted by Gasteiger charge is 2.18. The summed E-state index contributed by atoms with van der Waals surface area (Å²) in [4.78, 5) is 10.1. The summed E-state index contributed by atoms with van der Waals surface area (Å²) < 4.78 is 0. The number of H-pyrrole nitrogens is 1. The van der Waals surface area contributed by atoms with Crippen LogP contribution < -0.4 is 5.32 Å². The molecule has 0 spiro atoms. The summed E-state index contributed by atoms with van der Waals surface area (Å²) in [5.74, 6) is 1.81. The van der Waals surface area contributed by atoms with E-state index in [1.807, 2.05) is 6.92 Å². The number of aromatic nitrogens is 2. The maximum Gasteiger partial charge on any atom is 0.104 e. The fraction of sp³-hybridized carbons (Fsp3) is 0.500. The fourth-order valence-corrected chi connectivity index (χ4v) is 2.58. The van der Waals surface area contributed by atoms with Crippen molar-refractivity contribution in [2.24, 2.45) is 5.92 Å². The van der Waals surface area contributed by atoms with E-state index in [1.165, 1.54) is 25.2 Å². The Morgan fingerprint density at radius 1 is 1.39 bits per heavy atom. The molecule has 18 heavy (non-hydrogen) atoms. The van der Waals surface area contributed by atoms with Gasteiger partial charge in [-0.2, -0.15) is 0 Å². The van der Waals surface area contributed by atoms with Crippen LogP contribution in [0.5, 0.6) is 0 Å². The highest BCUT2D eigenvalue weighted by molar-refractivity contribution is 5.75. The molecule has 1 saturated heterocycles. The van der Waals surface area contributed by atoms with Crippen LogP contribution in [0.2, 0.25) is 0 Å². The molecule has 4 nitrogen and oxygen atoms in total. The van der Waals surface area contributed by atoms with Crippen molar-refractivity contribution in [3.8, 4) is 0 Å². The minimum absolute atomic E-state index is 0.827. The number of hydrogen-bond acceptors (Lipinski definition) is 3. The fourth-order valence-electron chi connectivity index (χ4n) is 2.58. The summed E-state index contributed by atoms with van der Waals surface area (Å²) in [5.41, 5.74) is 3.55. The van der Waals surface area contributed by atoms with Gasteiger partial charge in [0.15, 0.2) is 0 Å². The zero-order valence-electron chi connectivity index (χ0n) is 11.0. The monoisotopic (exact) mass is 244 g/mol. The number of fused-ring (bicyclic) bond motifs is 1. The van der Waals surface area contributed by atoms with Crippen molar-refractivity contribution in [1.82, 2.24) is 20.2 Å². The van der Waals surface area contributed by atoms with E-state index in [0.29, 0.717) is 0 Å². The SMILES string of the molecule is Cc1nc2ccc(CN(C)CC3CNC3)cc2[nH]1. The topological polar surface area (TPSA) is 44.0 Å². The first-order valence-electron chi connectivity index (χ1n) is 6.55. The van der Waals surface area contributed by atoms with Gasteiger partial charge in [-0.1, -0.05) is 6.07 Å². The molecule has 2 heterocycles. The van der Waals surface area contributed by atoms with Crippen molar-refractivity contribution >= 4 is 11.0 Å². The minimum Gasteiger partial charge on any atom is -0.342 e. The summed E-state index contributed by atoms with van der Waals surface area (Å²) in [6.07, 6.45) is 0. The van der Waals surface area contributed by atoms with Crippen molar-refractivity contribution in [3.63, 3.8) is 0 Å². The Hall–Kier alpha value is -1.39. The van der Waals surface area contributed by atoms with Crippen molar-refractivity contribution in [2.45, 2.75) is 13.5 Å². The van der Waals surface area contributed by atoms with Gasteiger partial charge in [-0.05, 0) is 37.6 Å². The molecule has 1 aromatic carbocycles. The number of hydrogen-bond donors (Lipinski definition) is 2. The quantitative estimate of drug-likeness (QED) is 0.857. The molecule has 0 bridgehead atoms. The zero-order chi connectivity index (χ0) is 12.5. The highest BCUT2D eigenvalue weighted by Crippen LogP contribution is 2.15. The lowest BCUT2D eigenvalue weighted by Crippen LogP contribution is -2.47. The average Bonchev–Trinajstić information content (AvgIpc) is 2.63. The second-order valence-corrected chi connectivity index (χ2v) is 5.39. The zero-order valence-corrected chi connectivity index (χ0v) is 11.0. The Bertz CT molecular complexity index is 542. The molecular weight excluding hydrogens is 224 g/mol. The first kappa shape index (κ1) is 11.7. The standard InChI is InChI=1S/C14H20N4/c1-10-16-13-4-3-11(5-14(13)17-10)8-18(2)9-12-6-15-7-12/h3-5,12,15H,6-9H2,1-2H3,(H,16,17). The highest BCUT2D eigenvalue weighted by atomic mass is 15.1. The first-order chi connectivity index (χ1) is 8.70. The smallest absolute Gasteiger partial charge is 0.104 e. The van der Waals surface area contributed by atoms with Crippen LogP contribution in [0.3, 0.4) is 0 Å². The van der Waals surface area contributed by atoms with E-state index in [2.05, 4.69) is 45.4 Å². The van der Waals surface area contributed by atoms with Gasteiger partial charge >= 0.3 is 0 Å². The molecule has 0 unspecified atom stereocenters. The van der Waals surface area contributed by atoms with Crippen LogP contribution in [0.1, 0.15) is 11.4 Å². The van der Waals surface area contributed by atoms with Crippen LogP contribution in [0.25, 0.3) is 11.0 Å². The number of nitrogens with one attached hydrogen (secondary N) is 2. The number of rotatable bonds is 4. The Labute approximate surface area is 107 Å². The molecule has 0 aliphatic carbocycles. The Morgan fingerprint density at radius 2 is 2.22 bits per heavy atom. The van der Waals surface area contributed by atoms with Crippen molar-refractivity contribution in [1.29, 1.82) is 0 Å². The average molecular weight is 244 g/mol. The van der Waals surface area contributed by atoms with Gasteiger partial charge in [0.2, 0.25) is 0 Å². The molecule has 0 amide bonds. The normalized spacial score (nSPS) is 16.4. The molecule has 0 atom stereocenters. The molecule has 0 radical (unpaired) electrons. The summed E-state index contributed by atoms with van der Waals surface area (Å²) in [6, 6.07) is 6.50. The van der Waals surface area contributed by atoms with Gasteiger partial charge in [0.05, 0.1) is 11.0 Å². The Kier molecular flexibility index (Phi) is 3.06. The number of imidazole rings is 1. The van der Waals surface area contributed by atoms with Crippen molar-refractivity contribution < 1.29 is 0 Å². The van der Waals surface area contributed by atoms with Gasteiger partial charge in [-0.25, -0.2) is 4.98 Å². The molecule has 1 aliphatic rings. The number of benzene rings is 1. The second-order valence-electron chi connectivity index (χ2n) is 5.39. The largest absolute Gasteiger partial charge is 0.342 e. The van der Waals surface area contributed by atoms with Crippen molar-refractivity contribution in [3.05, 3.63) is 29.6 Å². The Morgan fingerprint density at radius 3 is 2.94 bits per heavy atom. The third-order valence-corrected chi connectivity index (χ3v) is 3.55. The summed E-state index contributed by atoms with van der Waals surface area (Å²) >= 11 is 0. The van der Waals surface area contributed by atoms with Crippen LogP contribution in [0, 0.1) is 12.8 Å². The lowest BCUT2D eigenvalue weighted by molar-refractivity contribution is 0.219. The van der Waals surface area contributed by atoms with E-state index in [9.17, 15) is 0 Å². The molecule has 4 heteroatoms. The predicted octanol–water partition coefficient (Wildman–Crippen LogP) is 1.52. The van der Waals surface area contributed by atoms with Gasteiger partial charge in [0.25, 0.3) is 0 Å². The third kappa shape index (κ3) is 2.40. The summed E-state index contributed by atoms with van der Waals surface area (Å²) in [6.45, 7) is 6.51. The van der Waals surface area contributed by atoms with Crippen LogP contribution in [0.4, 0.5) is 0 Å². The molecule has 96 valence electrons. The summed E-state index contributed by atoms with van der Waals surface area (Å²) in [5, 5.41) is 3.32. The molecule has 1 aliphatic heterocycles. The van der Waals surface area contributed by atoms with E-state index in [1.54, 1.807) is 0 Å². The predicted molar refractivity (Wildman–Crippen MR) is 73.5 cm³/mol. The number of aryl methyl sites for hydroxylation is 1. The van der Waals surface area contributed by atoms with E-state index in [4.69, 9.17) is 0 Å². The third-order valence-electron chi connectivity index (χ3n) is 3.55. The van der Waals surface area contributed by atoms with Crippen molar-refractivity contribution in [2.75, 3.05) is 26.7 Å². The van der Waals surface area contributed by atoms with Crippen LogP contribution in [-0.4, -0.2) is 41.5 Å². The molecular formula is C14H20N4. The number of nitrogens with zero attached hydrogens (tertiary/aromatic N) is 2. The Balaban J connectivity index is 1.69. The molecule has 2 N–H and O–H groups in total. The van der Waals surface area contributed by atoms with Gasteiger partial charge in [0, 0.05) is 26.2 Å². The molecule has 1 aromatic heterocycles. The molecule has 1 fully saturated rings.